The molecule has 0 spiro atoms. The lowest BCUT2D eigenvalue weighted by atomic mass is 10.2. The van der Waals surface area contributed by atoms with Crippen LogP contribution >= 0.6 is 27.5 Å². The van der Waals surface area contributed by atoms with Crippen LogP contribution in [0, 0.1) is 6.92 Å². The van der Waals surface area contributed by atoms with E-state index in [4.69, 9.17) is 25.3 Å². The molecule has 0 radical (unpaired) electrons. The lowest BCUT2D eigenvalue weighted by Crippen LogP contribution is -2.26. The molecular weight excluding hydrogens is 408 g/mol. The minimum absolute atomic E-state index is 0.0860. The smallest absolute Gasteiger partial charge is 0.297 e. The van der Waals surface area contributed by atoms with Gasteiger partial charge in [0.05, 0.1) is 9.37 Å². The molecule has 23 heavy (non-hydrogen) atoms. The Balaban J connectivity index is 1.68. The maximum atomic E-state index is 12.1. The van der Waals surface area contributed by atoms with Gasteiger partial charge in [-0.05, 0) is 41.1 Å². The van der Waals surface area contributed by atoms with Crippen LogP contribution in [0.2, 0.25) is 5.02 Å². The van der Waals surface area contributed by atoms with Crippen molar-refractivity contribution in [3.8, 4) is 11.5 Å². The molecule has 1 aliphatic heterocycles. The third kappa shape index (κ3) is 3.63. The summed E-state index contributed by atoms with van der Waals surface area (Å²) >= 11 is 9.24. The van der Waals surface area contributed by atoms with Crippen molar-refractivity contribution in [1.82, 2.24) is 0 Å². The van der Waals surface area contributed by atoms with E-state index in [1.807, 2.05) is 6.92 Å². The first kappa shape index (κ1) is 16.6. The second-order valence-corrected chi connectivity index (χ2v) is 7.84. The van der Waals surface area contributed by atoms with E-state index in [0.717, 1.165) is 5.56 Å². The molecule has 122 valence electrons. The molecule has 0 N–H and O–H groups in total. The first-order valence-corrected chi connectivity index (χ1v) is 9.21. The lowest BCUT2D eigenvalue weighted by Gasteiger charge is -2.11. The molecule has 5 nitrogen and oxygen atoms in total. The summed E-state index contributed by atoms with van der Waals surface area (Å²) in [4.78, 5) is 0.0860. The summed E-state index contributed by atoms with van der Waals surface area (Å²) in [5, 5.41) is 0.480. The molecule has 0 aliphatic carbocycles. The average molecular weight is 420 g/mol. The van der Waals surface area contributed by atoms with Gasteiger partial charge in [0.15, 0.2) is 11.5 Å². The second-order valence-electron chi connectivity index (χ2n) is 4.93. The van der Waals surface area contributed by atoms with E-state index in [-0.39, 0.29) is 11.5 Å². The monoisotopic (exact) mass is 418 g/mol. The minimum Gasteiger partial charge on any atom is -0.448 e. The number of hydrogen-bond acceptors (Lipinski definition) is 5. The van der Waals surface area contributed by atoms with Gasteiger partial charge in [-0.3, -0.25) is 4.18 Å². The number of benzene rings is 2. The van der Waals surface area contributed by atoms with Gasteiger partial charge in [0.25, 0.3) is 16.4 Å². The van der Waals surface area contributed by atoms with Gasteiger partial charge in [-0.2, -0.15) is 8.42 Å². The largest absolute Gasteiger partial charge is 0.448 e. The Morgan fingerprint density at radius 3 is 2.61 bits per heavy atom. The molecule has 0 aromatic heterocycles. The summed E-state index contributed by atoms with van der Waals surface area (Å²) < 4.78 is 40.9. The van der Waals surface area contributed by atoms with Gasteiger partial charge in [0.1, 0.15) is 6.61 Å². The first-order valence-electron chi connectivity index (χ1n) is 6.63. The second kappa shape index (κ2) is 6.32. The van der Waals surface area contributed by atoms with Crippen LogP contribution in [-0.2, 0) is 14.3 Å². The van der Waals surface area contributed by atoms with Crippen molar-refractivity contribution in [2.75, 3.05) is 6.61 Å². The Kier molecular flexibility index (Phi) is 4.55. The number of rotatable bonds is 4. The van der Waals surface area contributed by atoms with Crippen molar-refractivity contribution < 1.29 is 22.1 Å². The molecular formula is C15H12BrClO5S. The quantitative estimate of drug-likeness (QED) is 0.703. The van der Waals surface area contributed by atoms with Gasteiger partial charge in [0.2, 0.25) is 0 Å². The molecule has 1 aliphatic rings. The molecule has 0 fully saturated rings. The Bertz CT molecular complexity index is 836. The Morgan fingerprint density at radius 2 is 1.91 bits per heavy atom. The summed E-state index contributed by atoms with van der Waals surface area (Å²) in [6.45, 7) is 1.60. The number of aryl methyl sites for hydroxylation is 1. The third-order valence-electron chi connectivity index (χ3n) is 3.15. The zero-order valence-electron chi connectivity index (χ0n) is 12.0. The molecule has 3 rings (SSSR count). The summed E-state index contributed by atoms with van der Waals surface area (Å²) in [7, 11) is -3.87. The van der Waals surface area contributed by atoms with Crippen LogP contribution in [0.4, 0.5) is 0 Å². The molecule has 0 amide bonds. The Labute approximate surface area is 147 Å². The predicted molar refractivity (Wildman–Crippen MR) is 88.5 cm³/mol. The highest BCUT2D eigenvalue weighted by atomic mass is 79.9. The highest BCUT2D eigenvalue weighted by Gasteiger charge is 2.29. The molecule has 8 heteroatoms. The molecule has 2 aromatic rings. The van der Waals surface area contributed by atoms with Crippen molar-refractivity contribution >= 4 is 37.6 Å². The van der Waals surface area contributed by atoms with Crippen LogP contribution in [0.3, 0.4) is 0 Å². The number of ether oxygens (including phenoxy) is 2. The van der Waals surface area contributed by atoms with Gasteiger partial charge in [-0.25, -0.2) is 0 Å². The van der Waals surface area contributed by atoms with E-state index in [0.29, 0.717) is 21.0 Å². The van der Waals surface area contributed by atoms with E-state index in [1.165, 1.54) is 12.1 Å². The fourth-order valence-electron chi connectivity index (χ4n) is 2.02. The molecule has 0 saturated heterocycles. The fraction of sp³-hybridized carbons (Fsp3) is 0.200. The number of fused-ring (bicyclic) bond motifs is 1. The van der Waals surface area contributed by atoms with Crippen LogP contribution in [0.15, 0.2) is 45.8 Å². The van der Waals surface area contributed by atoms with E-state index in [1.54, 1.807) is 24.3 Å². The first-order chi connectivity index (χ1) is 10.8. The Morgan fingerprint density at radius 1 is 1.22 bits per heavy atom. The highest BCUT2D eigenvalue weighted by Crippen LogP contribution is 2.43. The van der Waals surface area contributed by atoms with Crippen molar-refractivity contribution in [2.45, 2.75) is 18.1 Å². The summed E-state index contributed by atoms with van der Waals surface area (Å²) in [5.41, 5.74) is 0.962. The molecule has 2 aromatic carbocycles. The zero-order valence-corrected chi connectivity index (χ0v) is 15.1. The van der Waals surface area contributed by atoms with Crippen LogP contribution in [0.5, 0.6) is 11.5 Å². The molecule has 1 unspecified atom stereocenters. The fourth-order valence-corrected chi connectivity index (χ4v) is 3.79. The van der Waals surface area contributed by atoms with Crippen molar-refractivity contribution in [2.24, 2.45) is 0 Å². The number of halogens is 2. The van der Waals surface area contributed by atoms with Crippen LogP contribution in [0.25, 0.3) is 0 Å². The maximum absolute atomic E-state index is 12.1. The van der Waals surface area contributed by atoms with Gasteiger partial charge < -0.3 is 9.47 Å². The minimum atomic E-state index is -3.87. The van der Waals surface area contributed by atoms with E-state index in [2.05, 4.69) is 15.9 Å². The van der Waals surface area contributed by atoms with Crippen LogP contribution in [0.1, 0.15) is 5.56 Å². The SMILES string of the molecule is Cc1ccc(S(=O)(=O)OCC2Oc3cc(Cl)cc(Br)c3O2)cc1. The Hall–Kier alpha value is -1.28. The third-order valence-corrected chi connectivity index (χ3v) is 5.25. The van der Waals surface area contributed by atoms with E-state index in [9.17, 15) is 8.42 Å². The standard InChI is InChI=1S/C15H12BrClO5S/c1-9-2-4-11(5-3-9)23(18,19)20-8-14-21-13-7-10(17)6-12(16)15(13)22-14/h2-7,14H,8H2,1H3. The molecule has 0 saturated carbocycles. The maximum Gasteiger partial charge on any atom is 0.297 e. The van der Waals surface area contributed by atoms with Crippen molar-refractivity contribution in [1.29, 1.82) is 0 Å². The molecule has 1 heterocycles. The van der Waals surface area contributed by atoms with Gasteiger partial charge in [-0.15, -0.1) is 0 Å². The topological polar surface area (TPSA) is 61.8 Å². The van der Waals surface area contributed by atoms with Crippen molar-refractivity contribution in [3.63, 3.8) is 0 Å². The summed E-state index contributed by atoms with van der Waals surface area (Å²) in [5.74, 6) is 0.904. The molecule has 0 bridgehead atoms. The van der Waals surface area contributed by atoms with Crippen LogP contribution < -0.4 is 9.47 Å². The normalized spacial score (nSPS) is 16.6. The van der Waals surface area contributed by atoms with E-state index < -0.39 is 16.4 Å². The lowest BCUT2D eigenvalue weighted by molar-refractivity contribution is 0.00945. The van der Waals surface area contributed by atoms with Gasteiger partial charge >= 0.3 is 0 Å². The van der Waals surface area contributed by atoms with E-state index >= 15 is 0 Å². The summed E-state index contributed by atoms with van der Waals surface area (Å²) in [6.07, 6.45) is -0.861. The zero-order chi connectivity index (χ0) is 16.6. The predicted octanol–water partition coefficient (Wildman–Crippen LogP) is 3.91. The van der Waals surface area contributed by atoms with Gasteiger partial charge in [-0.1, -0.05) is 29.3 Å². The summed E-state index contributed by atoms with van der Waals surface area (Å²) in [6, 6.07) is 9.64. The number of hydrogen-bond donors (Lipinski definition) is 0. The van der Waals surface area contributed by atoms with Crippen molar-refractivity contribution in [3.05, 3.63) is 51.5 Å². The van der Waals surface area contributed by atoms with Gasteiger partial charge in [0, 0.05) is 11.1 Å². The average Bonchev–Trinajstić information content (AvgIpc) is 2.89. The highest BCUT2D eigenvalue weighted by molar-refractivity contribution is 9.10. The van der Waals surface area contributed by atoms with Crippen LogP contribution in [-0.4, -0.2) is 21.3 Å². The molecule has 1 atom stereocenters.